The monoisotopic (exact) mass is 271 g/mol. The van der Waals surface area contributed by atoms with Crippen LogP contribution in [0, 0.1) is 0 Å². The van der Waals surface area contributed by atoms with E-state index in [9.17, 15) is 4.79 Å². The van der Waals surface area contributed by atoms with E-state index in [4.69, 9.17) is 0 Å². The summed E-state index contributed by atoms with van der Waals surface area (Å²) in [6, 6.07) is 10.5. The summed E-state index contributed by atoms with van der Waals surface area (Å²) in [4.78, 5) is 18.6. The molecule has 1 aromatic carbocycles. The van der Waals surface area contributed by atoms with E-state index in [0.29, 0.717) is 5.69 Å². The van der Waals surface area contributed by atoms with Crippen molar-refractivity contribution in [1.82, 2.24) is 15.3 Å². The summed E-state index contributed by atoms with van der Waals surface area (Å²) in [6.45, 7) is 6.42. The Morgan fingerprint density at radius 1 is 1.35 bits per heavy atom. The molecule has 1 heterocycles. The molecule has 4 nitrogen and oxygen atoms in total. The van der Waals surface area contributed by atoms with Crippen molar-refractivity contribution >= 4 is 5.91 Å². The van der Waals surface area contributed by atoms with E-state index in [1.807, 2.05) is 25.1 Å². The van der Waals surface area contributed by atoms with E-state index in [1.165, 1.54) is 18.1 Å². The molecular weight excluding hydrogens is 250 g/mol. The van der Waals surface area contributed by atoms with Crippen molar-refractivity contribution < 1.29 is 4.79 Å². The molecule has 0 saturated heterocycles. The molecule has 0 fully saturated rings. The first-order valence-corrected chi connectivity index (χ1v) is 6.84. The molecule has 0 aliphatic heterocycles. The second kappa shape index (κ2) is 5.90. The third kappa shape index (κ3) is 3.47. The molecule has 1 aromatic heterocycles. The Hall–Kier alpha value is -2.10. The van der Waals surface area contributed by atoms with Gasteiger partial charge in [0, 0.05) is 6.04 Å². The maximum Gasteiger partial charge on any atom is 0.269 e. The molecule has 0 spiro atoms. The van der Waals surface area contributed by atoms with Crippen LogP contribution in [0.5, 0.6) is 0 Å². The third-order valence-electron chi connectivity index (χ3n) is 3.49. The van der Waals surface area contributed by atoms with E-state index in [-0.39, 0.29) is 17.4 Å². The lowest BCUT2D eigenvalue weighted by Crippen LogP contribution is -2.37. The molecule has 106 valence electrons. The van der Waals surface area contributed by atoms with Gasteiger partial charge in [-0.15, -0.1) is 0 Å². The molecule has 20 heavy (non-hydrogen) atoms. The smallest absolute Gasteiger partial charge is 0.269 e. The van der Waals surface area contributed by atoms with Crippen LogP contribution >= 0.6 is 0 Å². The van der Waals surface area contributed by atoms with Crippen LogP contribution in [0.2, 0.25) is 0 Å². The highest BCUT2D eigenvalue weighted by atomic mass is 16.1. The highest BCUT2D eigenvalue weighted by Gasteiger charge is 2.24. The lowest BCUT2D eigenvalue weighted by atomic mass is 9.79. The molecule has 0 aliphatic rings. The zero-order valence-electron chi connectivity index (χ0n) is 12.2. The lowest BCUT2D eigenvalue weighted by molar-refractivity contribution is 0.0930. The highest BCUT2D eigenvalue weighted by Crippen LogP contribution is 2.28. The molecule has 1 amide bonds. The van der Waals surface area contributed by atoms with Gasteiger partial charge in [0.2, 0.25) is 0 Å². The van der Waals surface area contributed by atoms with Crippen LogP contribution in [0.3, 0.4) is 0 Å². The molecule has 0 bridgehead atoms. The van der Waals surface area contributed by atoms with Gasteiger partial charge >= 0.3 is 0 Å². The summed E-state index contributed by atoms with van der Waals surface area (Å²) < 4.78 is 0. The van der Waals surface area contributed by atoms with Gasteiger partial charge in [-0.1, -0.05) is 44.2 Å². The quantitative estimate of drug-likeness (QED) is 0.878. The molecule has 2 N–H and O–H groups in total. The summed E-state index contributed by atoms with van der Waals surface area (Å²) in [5.41, 5.74) is 1.79. The molecular formula is C16H21N3O. The predicted octanol–water partition coefficient (Wildman–Crippen LogP) is 2.90. The Morgan fingerprint density at radius 3 is 2.65 bits per heavy atom. The number of aromatic nitrogens is 2. The van der Waals surface area contributed by atoms with Crippen LogP contribution in [0.25, 0.3) is 0 Å². The molecule has 0 radical (unpaired) electrons. The molecule has 0 aliphatic carbocycles. The number of hydrogen-bond acceptors (Lipinski definition) is 2. The van der Waals surface area contributed by atoms with Crippen molar-refractivity contribution in [2.75, 3.05) is 0 Å². The minimum Gasteiger partial charge on any atom is -0.348 e. The maximum atomic E-state index is 12.0. The first kappa shape index (κ1) is 14.3. The Labute approximate surface area is 119 Å². The normalized spacial score (nSPS) is 12.9. The summed E-state index contributed by atoms with van der Waals surface area (Å²) in [5.74, 6) is -0.112. The van der Waals surface area contributed by atoms with Crippen molar-refractivity contribution in [3.63, 3.8) is 0 Å². The molecule has 0 saturated carbocycles. The second-order valence-electron chi connectivity index (χ2n) is 5.79. The van der Waals surface area contributed by atoms with Crippen molar-refractivity contribution in [3.05, 3.63) is 54.1 Å². The summed E-state index contributed by atoms with van der Waals surface area (Å²) in [5, 5.41) is 3.00. The number of benzene rings is 1. The largest absolute Gasteiger partial charge is 0.348 e. The summed E-state index contributed by atoms with van der Waals surface area (Å²) in [6.07, 6.45) is 3.91. The zero-order valence-corrected chi connectivity index (χ0v) is 12.2. The van der Waals surface area contributed by atoms with Crippen molar-refractivity contribution in [2.24, 2.45) is 0 Å². The number of aromatic amines is 1. The van der Waals surface area contributed by atoms with Gasteiger partial charge in [-0.2, -0.15) is 0 Å². The van der Waals surface area contributed by atoms with Crippen LogP contribution < -0.4 is 5.32 Å². The van der Waals surface area contributed by atoms with Gasteiger partial charge in [0.15, 0.2) is 0 Å². The third-order valence-corrected chi connectivity index (χ3v) is 3.49. The fraction of sp³-hybridized carbons (Fsp3) is 0.375. The number of imidazole rings is 1. The van der Waals surface area contributed by atoms with Crippen molar-refractivity contribution in [2.45, 2.75) is 38.6 Å². The Kier molecular flexibility index (Phi) is 4.23. The average Bonchev–Trinajstić information content (AvgIpc) is 2.93. The molecule has 4 heteroatoms. The van der Waals surface area contributed by atoms with Gasteiger partial charge < -0.3 is 10.3 Å². The van der Waals surface area contributed by atoms with Crippen molar-refractivity contribution in [1.29, 1.82) is 0 Å². The minimum atomic E-state index is -0.112. The summed E-state index contributed by atoms with van der Waals surface area (Å²) in [7, 11) is 0. The van der Waals surface area contributed by atoms with Gasteiger partial charge in [0.25, 0.3) is 5.91 Å². The van der Waals surface area contributed by atoms with Crippen LogP contribution in [-0.4, -0.2) is 21.9 Å². The number of carbonyl (C=O) groups excluding carboxylic acids is 1. The fourth-order valence-electron chi connectivity index (χ4n) is 2.51. The summed E-state index contributed by atoms with van der Waals surface area (Å²) >= 11 is 0. The van der Waals surface area contributed by atoms with E-state index < -0.39 is 0 Å². The number of H-pyrrole nitrogens is 1. The second-order valence-corrected chi connectivity index (χ2v) is 5.79. The van der Waals surface area contributed by atoms with Crippen LogP contribution in [0.15, 0.2) is 42.9 Å². The number of carbonyl (C=O) groups is 1. The van der Waals surface area contributed by atoms with E-state index in [0.717, 1.165) is 6.42 Å². The first-order valence-electron chi connectivity index (χ1n) is 6.84. The Balaban J connectivity index is 1.97. The lowest BCUT2D eigenvalue weighted by Gasteiger charge is -2.29. The zero-order chi connectivity index (χ0) is 14.6. The SMILES string of the molecule is CC(CC(C)(C)c1ccccc1)NC(=O)c1cnc[nH]1. The van der Waals surface area contributed by atoms with Crippen LogP contribution in [0.1, 0.15) is 43.2 Å². The molecule has 2 rings (SSSR count). The number of nitrogens with zero attached hydrogens (tertiary/aromatic N) is 1. The molecule has 2 aromatic rings. The van der Waals surface area contributed by atoms with Crippen molar-refractivity contribution in [3.8, 4) is 0 Å². The Morgan fingerprint density at radius 2 is 2.05 bits per heavy atom. The van der Waals surface area contributed by atoms with E-state index in [1.54, 1.807) is 0 Å². The Bertz CT molecular complexity index is 546. The maximum absolute atomic E-state index is 12.0. The number of nitrogens with one attached hydrogen (secondary N) is 2. The topological polar surface area (TPSA) is 57.8 Å². The van der Waals surface area contributed by atoms with Gasteiger partial charge in [0.05, 0.1) is 12.5 Å². The van der Waals surface area contributed by atoms with Gasteiger partial charge in [-0.3, -0.25) is 4.79 Å². The number of rotatable bonds is 5. The van der Waals surface area contributed by atoms with E-state index >= 15 is 0 Å². The fourth-order valence-corrected chi connectivity index (χ4v) is 2.51. The number of hydrogen-bond donors (Lipinski definition) is 2. The van der Waals surface area contributed by atoms with Crippen LogP contribution in [-0.2, 0) is 5.41 Å². The van der Waals surface area contributed by atoms with Gasteiger partial charge in [-0.25, -0.2) is 4.98 Å². The van der Waals surface area contributed by atoms with Gasteiger partial charge in [-0.05, 0) is 24.3 Å². The predicted molar refractivity (Wildman–Crippen MR) is 79.6 cm³/mol. The molecule has 1 unspecified atom stereocenters. The average molecular weight is 271 g/mol. The number of amides is 1. The minimum absolute atomic E-state index is 0.0158. The van der Waals surface area contributed by atoms with Crippen LogP contribution in [0.4, 0.5) is 0 Å². The standard InChI is InChI=1S/C16H21N3O/c1-12(19-15(20)14-10-17-11-18-14)9-16(2,3)13-7-5-4-6-8-13/h4-8,10-12H,9H2,1-3H3,(H,17,18)(H,19,20). The molecule has 1 atom stereocenters. The highest BCUT2D eigenvalue weighted by molar-refractivity contribution is 5.92. The van der Waals surface area contributed by atoms with Gasteiger partial charge in [0.1, 0.15) is 5.69 Å². The van der Waals surface area contributed by atoms with E-state index in [2.05, 4.69) is 41.3 Å². The first-order chi connectivity index (χ1) is 9.49.